The summed E-state index contributed by atoms with van der Waals surface area (Å²) in [6.45, 7) is 2.36. The van der Waals surface area contributed by atoms with Crippen LogP contribution in [0.2, 0.25) is 0 Å². The number of amides is 1. The van der Waals surface area contributed by atoms with Crippen LogP contribution in [0.1, 0.15) is 11.1 Å². The first-order valence-electron chi connectivity index (χ1n) is 9.65. The van der Waals surface area contributed by atoms with Crippen LogP contribution in [0.5, 0.6) is 5.75 Å². The van der Waals surface area contributed by atoms with Crippen LogP contribution < -0.4 is 15.6 Å². The number of ether oxygens (including phenoxy) is 1. The number of thiophene rings is 1. The summed E-state index contributed by atoms with van der Waals surface area (Å²) in [6, 6.07) is 17.1. The molecule has 0 radical (unpaired) electrons. The molecule has 4 aromatic rings. The van der Waals surface area contributed by atoms with Gasteiger partial charge in [-0.3, -0.25) is 14.2 Å². The van der Waals surface area contributed by atoms with Gasteiger partial charge in [0.05, 0.1) is 24.1 Å². The number of thioether (sulfide) groups is 1. The Balaban J connectivity index is 1.55. The fourth-order valence-corrected chi connectivity index (χ4v) is 4.77. The van der Waals surface area contributed by atoms with E-state index in [0.717, 1.165) is 22.6 Å². The second-order valence-corrected chi connectivity index (χ2v) is 8.73. The molecular weight excluding hydrogens is 430 g/mol. The predicted octanol–water partition coefficient (Wildman–Crippen LogP) is 4.17. The average Bonchev–Trinajstić information content (AvgIpc) is 3.26. The number of aromatic nitrogens is 2. The fourth-order valence-electron chi connectivity index (χ4n) is 3.18. The van der Waals surface area contributed by atoms with Crippen LogP contribution in [-0.2, 0) is 11.3 Å². The van der Waals surface area contributed by atoms with E-state index in [2.05, 4.69) is 10.3 Å². The predicted molar refractivity (Wildman–Crippen MR) is 126 cm³/mol. The Morgan fingerprint density at radius 1 is 1.19 bits per heavy atom. The number of hydrogen-bond donors (Lipinski definition) is 1. The Labute approximate surface area is 187 Å². The van der Waals surface area contributed by atoms with Crippen LogP contribution in [0.4, 0.5) is 0 Å². The van der Waals surface area contributed by atoms with Gasteiger partial charge in [-0.2, -0.15) is 0 Å². The molecule has 0 unspecified atom stereocenters. The van der Waals surface area contributed by atoms with E-state index in [9.17, 15) is 9.59 Å². The topological polar surface area (TPSA) is 73.2 Å². The summed E-state index contributed by atoms with van der Waals surface area (Å²) in [5.41, 5.74) is 3.22. The van der Waals surface area contributed by atoms with E-state index in [1.807, 2.05) is 66.9 Å². The summed E-state index contributed by atoms with van der Waals surface area (Å²) >= 11 is 2.63. The summed E-state index contributed by atoms with van der Waals surface area (Å²) in [5.74, 6) is 0.762. The van der Waals surface area contributed by atoms with E-state index in [1.54, 1.807) is 11.7 Å². The Kier molecular flexibility index (Phi) is 6.39. The van der Waals surface area contributed by atoms with E-state index in [1.165, 1.54) is 23.1 Å². The molecule has 2 heterocycles. The molecule has 8 heteroatoms. The summed E-state index contributed by atoms with van der Waals surface area (Å²) in [7, 11) is 1.61. The highest BCUT2D eigenvalue weighted by Crippen LogP contribution is 2.25. The molecule has 0 bridgehead atoms. The Morgan fingerprint density at radius 2 is 2.03 bits per heavy atom. The molecule has 158 valence electrons. The number of benzene rings is 2. The van der Waals surface area contributed by atoms with Crippen molar-refractivity contribution >= 4 is 39.2 Å². The summed E-state index contributed by atoms with van der Waals surface area (Å²) in [6.07, 6.45) is 0. The lowest BCUT2D eigenvalue weighted by Crippen LogP contribution is -2.26. The number of fused-ring (bicyclic) bond motifs is 1. The van der Waals surface area contributed by atoms with Gasteiger partial charge in [-0.1, -0.05) is 42.1 Å². The van der Waals surface area contributed by atoms with Crippen LogP contribution in [0, 0.1) is 6.92 Å². The number of nitrogens with zero attached hydrogens (tertiary/aromatic N) is 2. The Morgan fingerprint density at radius 3 is 2.84 bits per heavy atom. The molecule has 2 aromatic heterocycles. The molecule has 0 atom stereocenters. The molecule has 0 saturated carbocycles. The van der Waals surface area contributed by atoms with Crippen LogP contribution in [0.3, 0.4) is 0 Å². The van der Waals surface area contributed by atoms with Gasteiger partial charge in [0.1, 0.15) is 10.4 Å². The smallest absolute Gasteiger partial charge is 0.276 e. The van der Waals surface area contributed by atoms with Crippen molar-refractivity contribution in [3.8, 4) is 11.4 Å². The van der Waals surface area contributed by atoms with Crippen molar-refractivity contribution < 1.29 is 9.53 Å². The maximum atomic E-state index is 13.2. The zero-order chi connectivity index (χ0) is 21.8. The van der Waals surface area contributed by atoms with Crippen molar-refractivity contribution in [3.63, 3.8) is 0 Å². The minimum atomic E-state index is -0.135. The van der Waals surface area contributed by atoms with Gasteiger partial charge >= 0.3 is 0 Å². The first-order valence-corrected chi connectivity index (χ1v) is 11.5. The molecule has 4 rings (SSSR count). The molecule has 1 N–H and O–H groups in total. The third-order valence-electron chi connectivity index (χ3n) is 4.76. The molecule has 2 aromatic carbocycles. The van der Waals surface area contributed by atoms with Gasteiger partial charge in [-0.05, 0) is 47.7 Å². The summed E-state index contributed by atoms with van der Waals surface area (Å²) in [4.78, 5) is 30.3. The number of para-hydroxylation sites is 1. The van der Waals surface area contributed by atoms with Crippen LogP contribution in [0.25, 0.3) is 15.9 Å². The lowest BCUT2D eigenvalue weighted by molar-refractivity contribution is -0.118. The molecule has 1 amide bonds. The minimum absolute atomic E-state index is 0.117. The molecule has 0 spiro atoms. The highest BCUT2D eigenvalue weighted by molar-refractivity contribution is 7.99. The van der Waals surface area contributed by atoms with Crippen molar-refractivity contribution in [1.82, 2.24) is 14.9 Å². The number of methoxy groups -OCH3 is 1. The molecule has 0 aliphatic carbocycles. The Bertz CT molecular complexity index is 1300. The molecule has 0 fully saturated rings. The number of hydrogen-bond acceptors (Lipinski definition) is 6. The third kappa shape index (κ3) is 4.65. The monoisotopic (exact) mass is 451 g/mol. The lowest BCUT2D eigenvalue weighted by Gasteiger charge is -2.14. The quantitative estimate of drug-likeness (QED) is 0.337. The maximum absolute atomic E-state index is 13.2. The lowest BCUT2D eigenvalue weighted by atomic mass is 10.2. The average molecular weight is 452 g/mol. The van der Waals surface area contributed by atoms with Gasteiger partial charge < -0.3 is 10.1 Å². The standard InChI is InChI=1S/C23H21N3O3S2/c1-15-6-3-4-9-19(15)26-22(28)21-18(10-11-30-21)25-23(26)31-14-20(27)24-13-16-7-5-8-17(12-16)29-2/h3-12H,13-14H2,1-2H3,(H,24,27). The van der Waals surface area contributed by atoms with Gasteiger partial charge in [0.2, 0.25) is 5.91 Å². The van der Waals surface area contributed by atoms with Crippen LogP contribution in [-0.4, -0.2) is 28.3 Å². The minimum Gasteiger partial charge on any atom is -0.497 e. The van der Waals surface area contributed by atoms with Crippen LogP contribution in [0.15, 0.2) is 69.9 Å². The molecule has 31 heavy (non-hydrogen) atoms. The van der Waals surface area contributed by atoms with Crippen molar-refractivity contribution in [1.29, 1.82) is 0 Å². The number of carbonyl (C=O) groups excluding carboxylic acids is 1. The van der Waals surface area contributed by atoms with Gasteiger partial charge in [-0.25, -0.2) is 4.98 Å². The largest absolute Gasteiger partial charge is 0.497 e. The second kappa shape index (κ2) is 9.36. The highest BCUT2D eigenvalue weighted by Gasteiger charge is 2.16. The number of aryl methyl sites for hydroxylation is 1. The normalized spacial score (nSPS) is 10.9. The van der Waals surface area contributed by atoms with Gasteiger partial charge in [0, 0.05) is 6.54 Å². The molecule has 0 saturated heterocycles. The van der Waals surface area contributed by atoms with Crippen molar-refractivity contribution in [2.75, 3.05) is 12.9 Å². The number of nitrogens with one attached hydrogen (secondary N) is 1. The highest BCUT2D eigenvalue weighted by atomic mass is 32.2. The number of rotatable bonds is 7. The van der Waals surface area contributed by atoms with Gasteiger partial charge in [0.25, 0.3) is 5.56 Å². The van der Waals surface area contributed by atoms with Crippen molar-refractivity contribution in [2.24, 2.45) is 0 Å². The fraction of sp³-hybridized carbons (Fsp3) is 0.174. The maximum Gasteiger partial charge on any atom is 0.276 e. The molecular formula is C23H21N3O3S2. The number of carbonyl (C=O) groups is 1. The van der Waals surface area contributed by atoms with E-state index >= 15 is 0 Å². The van der Waals surface area contributed by atoms with Crippen LogP contribution >= 0.6 is 23.1 Å². The summed E-state index contributed by atoms with van der Waals surface area (Å²) < 4.78 is 7.43. The second-order valence-electron chi connectivity index (χ2n) is 6.87. The first kappa shape index (κ1) is 21.1. The zero-order valence-electron chi connectivity index (χ0n) is 17.1. The van der Waals surface area contributed by atoms with Crippen molar-refractivity contribution in [3.05, 3.63) is 81.5 Å². The summed E-state index contributed by atoms with van der Waals surface area (Å²) in [5, 5.41) is 5.27. The third-order valence-corrected chi connectivity index (χ3v) is 6.59. The first-order chi connectivity index (χ1) is 15.1. The molecule has 0 aliphatic rings. The SMILES string of the molecule is COc1cccc(CNC(=O)CSc2nc3ccsc3c(=O)n2-c2ccccc2C)c1. The van der Waals surface area contributed by atoms with Gasteiger partial charge in [-0.15, -0.1) is 11.3 Å². The van der Waals surface area contributed by atoms with E-state index in [4.69, 9.17) is 4.74 Å². The zero-order valence-corrected chi connectivity index (χ0v) is 18.8. The van der Waals surface area contributed by atoms with E-state index < -0.39 is 0 Å². The van der Waals surface area contributed by atoms with Gasteiger partial charge in [0.15, 0.2) is 5.16 Å². The Hall–Kier alpha value is -3.10. The van der Waals surface area contributed by atoms with E-state index in [-0.39, 0.29) is 17.2 Å². The molecule has 0 aliphatic heterocycles. The van der Waals surface area contributed by atoms with E-state index in [0.29, 0.717) is 21.9 Å². The molecule has 6 nitrogen and oxygen atoms in total. The van der Waals surface area contributed by atoms with Crippen molar-refractivity contribution in [2.45, 2.75) is 18.6 Å².